The average molecular weight is 781 g/mol. The van der Waals surface area contributed by atoms with Gasteiger partial charge in [-0.1, -0.05) is 12.1 Å². The number of benzene rings is 2. The summed E-state index contributed by atoms with van der Waals surface area (Å²) in [6.07, 6.45) is 2.67. The fourth-order valence-electron chi connectivity index (χ4n) is 9.92. The first kappa shape index (κ1) is 37.1. The van der Waals surface area contributed by atoms with Crippen LogP contribution in [0.25, 0.3) is 11.3 Å². The van der Waals surface area contributed by atoms with E-state index in [4.69, 9.17) is 0 Å². The summed E-state index contributed by atoms with van der Waals surface area (Å²) in [5.41, 5.74) is 4.08. The SMILES string of the molecule is C[C@@H]1CN(CC2CCN(c3ccc4c(c3)C(=O)N([C@H]3CCC(=O)NC3=O)C4)CC2)C[C@H](C)N1C(=O)N1CCN2c3cc(-c4cccc(F)c4O)nnc3NC[C@H]2C1. The summed E-state index contributed by atoms with van der Waals surface area (Å²) in [6, 6.07) is 11.8. The highest BCUT2D eigenvalue weighted by atomic mass is 19.1. The Hall–Kier alpha value is -5.51. The molecule has 16 heteroatoms. The van der Waals surface area contributed by atoms with E-state index in [0.29, 0.717) is 62.1 Å². The maximum Gasteiger partial charge on any atom is 0.320 e. The Bertz CT molecular complexity index is 2100. The molecule has 0 radical (unpaired) electrons. The molecule has 6 aliphatic heterocycles. The molecule has 4 saturated heterocycles. The van der Waals surface area contributed by atoms with E-state index in [1.807, 2.05) is 23.1 Å². The highest BCUT2D eigenvalue weighted by Gasteiger charge is 2.42. The minimum atomic E-state index is -0.712. The number of aromatic hydroxyl groups is 1. The molecule has 57 heavy (non-hydrogen) atoms. The number of carbonyl (C=O) groups is 4. The number of aromatic nitrogens is 2. The lowest BCUT2D eigenvalue weighted by Gasteiger charge is -2.50. The molecule has 0 unspecified atom stereocenters. The molecule has 4 fully saturated rings. The van der Waals surface area contributed by atoms with Crippen molar-refractivity contribution in [1.82, 2.24) is 35.1 Å². The van der Waals surface area contributed by atoms with Gasteiger partial charge in [0.2, 0.25) is 11.8 Å². The quantitative estimate of drug-likeness (QED) is 0.327. The number of piperidine rings is 2. The van der Waals surface area contributed by atoms with E-state index in [1.165, 1.54) is 12.1 Å². The van der Waals surface area contributed by atoms with Gasteiger partial charge >= 0.3 is 6.03 Å². The number of carbonyl (C=O) groups excluding carboxylic acids is 4. The number of nitrogens with one attached hydrogen (secondary N) is 2. The maximum absolute atomic E-state index is 14.1. The van der Waals surface area contributed by atoms with E-state index in [9.17, 15) is 28.7 Å². The van der Waals surface area contributed by atoms with Crippen molar-refractivity contribution in [2.45, 2.75) is 70.2 Å². The van der Waals surface area contributed by atoms with Crippen molar-refractivity contribution in [2.24, 2.45) is 5.92 Å². The minimum absolute atomic E-state index is 0.0240. The average Bonchev–Trinajstić information content (AvgIpc) is 3.53. The molecular formula is C41H49FN10O5. The van der Waals surface area contributed by atoms with E-state index >= 15 is 0 Å². The van der Waals surface area contributed by atoms with Crippen LogP contribution in [-0.4, -0.2) is 142 Å². The molecule has 15 nitrogen and oxygen atoms in total. The number of phenols is 1. The molecule has 300 valence electrons. The normalized spacial score (nSPS) is 25.5. The van der Waals surface area contributed by atoms with Crippen LogP contribution in [0.2, 0.25) is 0 Å². The number of rotatable bonds is 5. The Labute approximate surface area is 330 Å². The Morgan fingerprint density at radius 1 is 0.912 bits per heavy atom. The summed E-state index contributed by atoms with van der Waals surface area (Å²) in [4.78, 5) is 64.4. The van der Waals surface area contributed by atoms with E-state index in [2.05, 4.69) is 60.3 Å². The first-order valence-corrected chi connectivity index (χ1v) is 20.2. The zero-order chi connectivity index (χ0) is 39.5. The molecule has 6 aliphatic rings. The molecule has 3 N–H and O–H groups in total. The predicted octanol–water partition coefficient (Wildman–Crippen LogP) is 3.10. The Morgan fingerprint density at radius 3 is 2.47 bits per heavy atom. The van der Waals surface area contributed by atoms with Gasteiger partial charge < -0.3 is 34.9 Å². The number of para-hydroxylation sites is 1. The summed E-state index contributed by atoms with van der Waals surface area (Å²) in [7, 11) is 0. The number of anilines is 3. The number of amides is 5. The second kappa shape index (κ2) is 14.8. The van der Waals surface area contributed by atoms with Crippen LogP contribution in [0.3, 0.4) is 0 Å². The summed E-state index contributed by atoms with van der Waals surface area (Å²) in [5.74, 6) is -0.826. The Morgan fingerprint density at radius 2 is 1.70 bits per heavy atom. The van der Waals surface area contributed by atoms with Gasteiger partial charge in [-0.05, 0) is 74.9 Å². The fraction of sp³-hybridized carbons (Fsp3) is 0.512. The van der Waals surface area contributed by atoms with Gasteiger partial charge in [0.1, 0.15) is 6.04 Å². The number of piperazine rings is 2. The van der Waals surface area contributed by atoms with Crippen LogP contribution >= 0.6 is 0 Å². The first-order chi connectivity index (χ1) is 27.5. The first-order valence-electron chi connectivity index (χ1n) is 20.2. The van der Waals surface area contributed by atoms with Crippen molar-refractivity contribution in [2.75, 3.05) is 74.0 Å². The third kappa shape index (κ3) is 6.87. The Kier molecular flexibility index (Phi) is 9.61. The largest absolute Gasteiger partial charge is 0.504 e. The monoisotopic (exact) mass is 780 g/mol. The topological polar surface area (TPSA) is 158 Å². The van der Waals surface area contributed by atoms with Gasteiger partial charge in [0.05, 0.1) is 17.4 Å². The lowest BCUT2D eigenvalue weighted by atomic mass is 9.94. The van der Waals surface area contributed by atoms with Crippen molar-refractivity contribution in [3.8, 4) is 17.0 Å². The number of hydrogen-bond acceptors (Lipinski definition) is 11. The molecule has 0 bridgehead atoms. The van der Waals surface area contributed by atoms with Gasteiger partial charge in [0, 0.05) is 101 Å². The molecule has 0 saturated carbocycles. The zero-order valence-electron chi connectivity index (χ0n) is 32.4. The molecule has 7 heterocycles. The van der Waals surface area contributed by atoms with Crippen LogP contribution < -0.4 is 20.4 Å². The molecule has 0 aliphatic carbocycles. The molecule has 5 amide bonds. The maximum atomic E-state index is 14.1. The van der Waals surface area contributed by atoms with E-state index in [1.54, 1.807) is 11.0 Å². The van der Waals surface area contributed by atoms with Crippen LogP contribution in [0.5, 0.6) is 5.75 Å². The van der Waals surface area contributed by atoms with E-state index in [-0.39, 0.29) is 48.0 Å². The number of hydrogen-bond donors (Lipinski definition) is 3. The highest BCUT2D eigenvalue weighted by molar-refractivity contribution is 6.05. The number of phenolic OH excluding ortho intramolecular Hbond substituents is 1. The smallest absolute Gasteiger partial charge is 0.320 e. The van der Waals surface area contributed by atoms with Gasteiger partial charge in [-0.15, -0.1) is 10.2 Å². The molecule has 9 rings (SSSR count). The Balaban J connectivity index is 0.771. The molecule has 2 aromatic carbocycles. The van der Waals surface area contributed by atoms with Crippen molar-refractivity contribution in [3.05, 3.63) is 59.4 Å². The number of imide groups is 1. The number of fused-ring (bicyclic) bond motifs is 4. The lowest BCUT2D eigenvalue weighted by Crippen LogP contribution is -2.65. The van der Waals surface area contributed by atoms with Crippen molar-refractivity contribution in [1.29, 1.82) is 0 Å². The van der Waals surface area contributed by atoms with Gasteiger partial charge in [-0.2, -0.15) is 0 Å². The van der Waals surface area contributed by atoms with Crippen LogP contribution in [0, 0.1) is 11.7 Å². The molecule has 3 aromatic rings. The van der Waals surface area contributed by atoms with Crippen LogP contribution in [0.4, 0.5) is 26.4 Å². The van der Waals surface area contributed by atoms with Gasteiger partial charge in [-0.25, -0.2) is 9.18 Å². The van der Waals surface area contributed by atoms with Gasteiger partial charge in [0.25, 0.3) is 5.91 Å². The van der Waals surface area contributed by atoms with Crippen molar-refractivity contribution in [3.63, 3.8) is 0 Å². The minimum Gasteiger partial charge on any atom is -0.504 e. The predicted molar refractivity (Wildman–Crippen MR) is 210 cm³/mol. The van der Waals surface area contributed by atoms with Crippen molar-refractivity contribution >= 4 is 40.9 Å². The highest BCUT2D eigenvalue weighted by Crippen LogP contribution is 2.38. The molecular weight excluding hydrogens is 732 g/mol. The summed E-state index contributed by atoms with van der Waals surface area (Å²) in [5, 5.41) is 24.6. The van der Waals surface area contributed by atoms with Crippen LogP contribution in [0.15, 0.2) is 42.5 Å². The fourth-order valence-corrected chi connectivity index (χ4v) is 9.92. The van der Waals surface area contributed by atoms with Crippen molar-refractivity contribution < 1.29 is 28.7 Å². The molecule has 4 atom stereocenters. The van der Waals surface area contributed by atoms with E-state index < -0.39 is 23.5 Å². The second-order valence-electron chi connectivity index (χ2n) is 16.6. The number of nitrogens with zero attached hydrogens (tertiary/aromatic N) is 8. The van der Waals surface area contributed by atoms with Crippen LogP contribution in [0.1, 0.15) is 55.5 Å². The number of urea groups is 1. The summed E-state index contributed by atoms with van der Waals surface area (Å²) < 4.78 is 14.1. The second-order valence-corrected chi connectivity index (χ2v) is 16.6. The summed E-state index contributed by atoms with van der Waals surface area (Å²) >= 11 is 0. The molecule has 1 aromatic heterocycles. The zero-order valence-corrected chi connectivity index (χ0v) is 32.4. The summed E-state index contributed by atoms with van der Waals surface area (Å²) in [6.45, 7) is 11.4. The van der Waals surface area contributed by atoms with Gasteiger partial charge in [-0.3, -0.25) is 24.6 Å². The molecule has 0 spiro atoms. The standard InChI is InChI=1S/C41H49FN10O5/c1-24-19-47(21-26-10-12-48(13-11-26)28-7-6-27-22-51(40(56)31(27)16-28)34-8-9-36(53)44-39(34)55)20-25(2)52(24)41(57)49-14-15-50-29(23-49)18-43-38-35(50)17-33(45-46-38)30-4-3-5-32(42)37(30)54/h3-7,16-17,24-26,29,34,54H,8-15,18-23H2,1-2H3,(H,43,46)(H,44,53,55)/t24-,25+,29-,34-/m0/s1. The third-order valence-corrected chi connectivity index (χ3v) is 12.8. The van der Waals surface area contributed by atoms with Crippen LogP contribution in [-0.2, 0) is 16.1 Å². The van der Waals surface area contributed by atoms with E-state index in [0.717, 1.165) is 62.5 Å². The van der Waals surface area contributed by atoms with Gasteiger partial charge in [0.15, 0.2) is 17.4 Å². The third-order valence-electron chi connectivity index (χ3n) is 12.8. The number of halogens is 1. The lowest BCUT2D eigenvalue weighted by molar-refractivity contribution is -0.136.